The van der Waals surface area contributed by atoms with Gasteiger partial charge in [0.2, 0.25) is 70.7 Å². The molecule has 0 spiro atoms. The Morgan fingerprint density at radius 1 is 0.443 bits per heavy atom. The van der Waals surface area contributed by atoms with Crippen LogP contribution in [-0.4, -0.2) is 371 Å². The predicted molar refractivity (Wildman–Crippen MR) is 486 cm³/mol. The summed E-state index contributed by atoms with van der Waals surface area (Å²) in [6.07, 6.45) is -11.8. The summed E-state index contributed by atoms with van der Waals surface area (Å²) in [5.74, 6) is -8.90. The van der Waals surface area contributed by atoms with Crippen molar-refractivity contribution in [2.24, 2.45) is 5.73 Å². The Labute approximate surface area is 804 Å². The second-order valence-corrected chi connectivity index (χ2v) is 35.5. The van der Waals surface area contributed by atoms with E-state index in [1.165, 1.54) is 55.2 Å². The van der Waals surface area contributed by atoms with E-state index in [1.807, 2.05) is 18.2 Å². The zero-order chi connectivity index (χ0) is 101. The quantitative estimate of drug-likeness (QED) is 0.0127. The molecule has 24 N–H and O–H groups in total. The number of ether oxygens (including phenoxy) is 6. The molecule has 140 heavy (non-hydrogen) atoms. The van der Waals surface area contributed by atoms with E-state index in [-0.39, 0.29) is 112 Å². The molecule has 5 aliphatic heterocycles. The number of allylic oxidation sites excluding steroid dienone is 4. The second kappa shape index (κ2) is 53.2. The highest BCUT2D eigenvalue weighted by Crippen LogP contribution is 2.48. The monoisotopic (exact) mass is 1970 g/mol. The number of hydrogen-bond donors (Lipinski definition) is 23. The second-order valence-electron chi connectivity index (χ2n) is 35.5. The van der Waals surface area contributed by atoms with E-state index in [0.717, 1.165) is 17.8 Å². The molecule has 2 aromatic carbocycles. The third-order valence-corrected chi connectivity index (χ3v) is 24.4. The highest BCUT2D eigenvalue weighted by atomic mass is 16.7. The van der Waals surface area contributed by atoms with Crippen molar-refractivity contribution in [2.75, 3.05) is 84.3 Å². The number of carbonyl (C=O) groups excluding carboxylic acids is 11. The molecule has 51 heteroatoms. The minimum Gasteiger partial charge on any atom is -0.394 e. The Kier molecular flexibility index (Phi) is 41.9. The van der Waals surface area contributed by atoms with E-state index in [2.05, 4.69) is 177 Å². The summed E-state index contributed by atoms with van der Waals surface area (Å²) < 4.78 is 38.8. The van der Waals surface area contributed by atoms with Gasteiger partial charge in [-0.2, -0.15) is 4.58 Å². The molecule has 5 aromatic rings. The zero-order valence-corrected chi connectivity index (χ0v) is 78.5. The number of benzene rings is 2. The first kappa shape index (κ1) is 110. The fourth-order valence-corrected chi connectivity index (χ4v) is 16.5. The summed E-state index contributed by atoms with van der Waals surface area (Å²) in [4.78, 5) is 151. The van der Waals surface area contributed by atoms with Crippen LogP contribution < -0.4 is 63.8 Å². The van der Waals surface area contributed by atoms with Crippen molar-refractivity contribution in [2.45, 2.75) is 272 Å². The standard InChI is InChI=1S/C89H130N22O29/c1-88(2)53-16-8-10-18-58(53)107(5)63(88)20-15-21-64-89(3,4)54-17-9-11-19-59(54)111(64)31-14-12-22-66(116)91-30-13-6-7-23-70(120)98-55(24-27-67(117)92-38-50-44-108(104-101-50)32-35-135-85-79(129)76(126)73(123)60(47-112)138-85)83(133)96-42-72(122)100-57(26-29-69(119)94-40-52-46-110(106-103-52)34-37-137-87-81(131)78(128)75(125)62(49-114)140-87)84(134)97-43-71(121)99-56(82(132)95-41-65(90)115)25-28-68(118)93-39-51-45-109(105-102-51)33-36-136-86-80(130)77(127)74(124)61(48-113)139-86/h8-11,15-21,44-46,55-57,60-62,73-81,85-87,112-114,123-131H,6-7,12-14,22-43,47-49H2,1-5H3,(H11-,90,91,92,93,94,95,96,97,98,99,100,115,116,117,118,119,120,121,122,132,133,134)/p+1/t55?,56?,57?,60-,61-,62-,73-,74-,75-,76+,77+,78+,79+,80+,81+,85+,86+,87+/m1/s1. The lowest BCUT2D eigenvalue weighted by atomic mass is 9.81. The van der Waals surface area contributed by atoms with Gasteiger partial charge in [0.25, 0.3) is 0 Å². The number of nitrogens with two attached hydrogens (primary N) is 1. The number of fused-ring (bicyclic) bond motifs is 2. The molecule has 8 heterocycles. The summed E-state index contributed by atoms with van der Waals surface area (Å²) in [7, 11) is 2.09. The molecular weight excluding hydrogens is 1840 g/mol. The molecule has 5 aliphatic rings. The van der Waals surface area contributed by atoms with Crippen LogP contribution in [0.15, 0.2) is 91.0 Å². The van der Waals surface area contributed by atoms with Crippen LogP contribution in [0.4, 0.5) is 11.4 Å². The van der Waals surface area contributed by atoms with Crippen LogP contribution in [0.5, 0.6) is 0 Å². The number of nitrogens with one attached hydrogen (secondary N) is 10. The average molecular weight is 1970 g/mol. The van der Waals surface area contributed by atoms with Gasteiger partial charge in [-0.25, -0.2) is 14.0 Å². The van der Waals surface area contributed by atoms with Gasteiger partial charge < -0.3 is 154 Å². The summed E-state index contributed by atoms with van der Waals surface area (Å²) in [5, 5.41) is 170. The number of primary amides is 1. The first-order valence-corrected chi connectivity index (χ1v) is 46.4. The van der Waals surface area contributed by atoms with Crippen molar-refractivity contribution in [3.8, 4) is 0 Å². The van der Waals surface area contributed by atoms with Gasteiger partial charge in [0.05, 0.1) is 123 Å². The number of rotatable bonds is 55. The van der Waals surface area contributed by atoms with Crippen LogP contribution >= 0.6 is 0 Å². The Morgan fingerprint density at radius 3 is 1.25 bits per heavy atom. The van der Waals surface area contributed by atoms with Gasteiger partial charge in [0.15, 0.2) is 24.6 Å². The molecule has 3 aromatic heterocycles. The molecule has 770 valence electrons. The van der Waals surface area contributed by atoms with Crippen molar-refractivity contribution in [1.29, 1.82) is 0 Å². The first-order valence-electron chi connectivity index (χ1n) is 46.4. The summed E-state index contributed by atoms with van der Waals surface area (Å²) in [6.45, 7) is 4.24. The number of aromatic nitrogens is 9. The van der Waals surface area contributed by atoms with Crippen molar-refractivity contribution >= 4 is 82.1 Å². The maximum atomic E-state index is 14.3. The van der Waals surface area contributed by atoms with Crippen LogP contribution in [0.2, 0.25) is 0 Å². The van der Waals surface area contributed by atoms with Gasteiger partial charge in [-0.15, -0.1) is 15.3 Å². The maximum Gasteiger partial charge on any atom is 0.243 e. The van der Waals surface area contributed by atoms with Crippen molar-refractivity contribution < 1.29 is 147 Å². The number of anilines is 1. The molecule has 3 saturated heterocycles. The lowest BCUT2D eigenvalue weighted by Gasteiger charge is -2.39. The van der Waals surface area contributed by atoms with E-state index >= 15 is 0 Å². The predicted octanol–water partition coefficient (Wildman–Crippen LogP) is -8.42. The molecule has 0 bridgehead atoms. The van der Waals surface area contributed by atoms with Gasteiger partial charge in [0, 0.05) is 79.7 Å². The Hall–Kier alpha value is -11.7. The summed E-state index contributed by atoms with van der Waals surface area (Å²) in [5.41, 5.74) is 12.6. The van der Waals surface area contributed by atoms with E-state index in [4.69, 9.17) is 34.2 Å². The number of amides is 11. The molecular formula is C89H131N22O29+. The van der Waals surface area contributed by atoms with E-state index in [9.17, 15) is 114 Å². The van der Waals surface area contributed by atoms with E-state index in [1.54, 1.807) is 0 Å². The minimum absolute atomic E-state index is 0.0114. The van der Waals surface area contributed by atoms with Gasteiger partial charge >= 0.3 is 0 Å². The minimum atomic E-state index is -1.69. The Bertz CT molecular complexity index is 5080. The van der Waals surface area contributed by atoms with E-state index in [0.29, 0.717) is 38.8 Å². The molecule has 0 radical (unpaired) electrons. The van der Waals surface area contributed by atoms with Crippen LogP contribution in [-0.2, 0) is 131 Å². The fourth-order valence-electron chi connectivity index (χ4n) is 16.5. The molecule has 3 fully saturated rings. The highest BCUT2D eigenvalue weighted by molar-refractivity contribution is 6.03. The third kappa shape index (κ3) is 31.1. The SMILES string of the molecule is C[N+]1=C(/C=C/C=C2\N(CCCCC(=O)NCCCCCC(=O)NC(CCC(=O)NCc3cn(CCO[C@H]4O[C@H](CO)[C@@H](O)[C@H](O)[C@@H]4O)nn3)C(=O)NCC(=O)NC(CCC(=O)NCc3cn(CCO[C@H]4O[C@H](CO)[C@@H](O)[C@H](O)[C@@H]4O)nn3)C(=O)NCC(=O)NC(CCC(=O)NCc3cn(CCO[C@H]4O[C@H](CO)[C@@H](O)[C@H](O)[C@@H]4O)nn3)C(=O)NCC(N)=O)c3ccccc3C2(C)C)C(C)(C)c2ccccc21. The Morgan fingerprint density at radius 2 is 0.829 bits per heavy atom. The number of aliphatic hydroxyl groups is 12. The lowest BCUT2D eigenvalue weighted by Crippen LogP contribution is -2.59. The van der Waals surface area contributed by atoms with Gasteiger partial charge in [-0.05, 0) is 76.5 Å². The number of hydrogen-bond acceptors (Lipinski definition) is 36. The van der Waals surface area contributed by atoms with Crippen LogP contribution in [0.1, 0.15) is 139 Å². The number of carbonyl (C=O) groups is 11. The number of aliphatic hydroxyl groups excluding tert-OH is 12. The molecule has 0 saturated carbocycles. The highest BCUT2D eigenvalue weighted by Gasteiger charge is 2.48. The summed E-state index contributed by atoms with van der Waals surface area (Å²) in [6, 6.07) is 12.0. The van der Waals surface area contributed by atoms with Crippen LogP contribution in [0.3, 0.4) is 0 Å². The van der Waals surface area contributed by atoms with Crippen molar-refractivity contribution in [1.82, 2.24) is 98.1 Å². The lowest BCUT2D eigenvalue weighted by molar-refractivity contribution is -0.401. The average Bonchev–Trinajstić information content (AvgIpc) is 1.59. The maximum absolute atomic E-state index is 14.3. The smallest absolute Gasteiger partial charge is 0.243 e. The molecule has 18 atom stereocenters. The van der Waals surface area contributed by atoms with Crippen LogP contribution in [0.25, 0.3) is 0 Å². The number of para-hydroxylation sites is 2. The number of unbranched alkanes of at least 4 members (excludes halogenated alkanes) is 3. The fraction of sp³-hybridized carbons (Fsp3) is 0.618. The molecule has 0 aliphatic carbocycles. The van der Waals surface area contributed by atoms with Gasteiger partial charge in [-0.3, -0.25) is 52.7 Å². The topological polar surface area (TPSA) is 731 Å². The van der Waals surface area contributed by atoms with Gasteiger partial charge in [0.1, 0.15) is 116 Å². The molecule has 51 nitrogen and oxygen atoms in total. The normalized spacial score (nSPS) is 23.9. The van der Waals surface area contributed by atoms with Crippen molar-refractivity contribution in [3.63, 3.8) is 0 Å². The van der Waals surface area contributed by atoms with Gasteiger partial charge in [-0.1, -0.05) is 78.4 Å². The zero-order valence-electron chi connectivity index (χ0n) is 78.5. The molecule has 11 amide bonds. The first-order chi connectivity index (χ1) is 66.9. The van der Waals surface area contributed by atoms with Crippen molar-refractivity contribution in [3.05, 3.63) is 119 Å². The van der Waals surface area contributed by atoms with Crippen LogP contribution in [0, 0.1) is 0 Å². The molecule has 10 rings (SSSR count). The largest absolute Gasteiger partial charge is 0.394 e. The molecule has 3 unspecified atom stereocenters. The van der Waals surface area contributed by atoms with E-state index < -0.39 is 241 Å². The third-order valence-electron chi connectivity index (χ3n) is 24.4. The summed E-state index contributed by atoms with van der Waals surface area (Å²) >= 11 is 0. The number of nitrogens with zero attached hydrogens (tertiary/aromatic N) is 11. The Balaban J connectivity index is 0.735.